The highest BCUT2D eigenvalue weighted by Gasteiger charge is 2.01. The molecule has 0 amide bonds. The average Bonchev–Trinajstić information content (AvgIpc) is 2.33. The van der Waals surface area contributed by atoms with Crippen LogP contribution in [-0.2, 0) is 6.42 Å². The highest BCUT2D eigenvalue weighted by atomic mass is 15.0. The van der Waals surface area contributed by atoms with E-state index in [9.17, 15) is 0 Å². The third-order valence-corrected chi connectivity index (χ3v) is 2.48. The van der Waals surface area contributed by atoms with E-state index < -0.39 is 0 Å². The predicted octanol–water partition coefficient (Wildman–Crippen LogP) is 2.03. The molecule has 0 unspecified atom stereocenters. The zero-order chi connectivity index (χ0) is 12.1. The Morgan fingerprint density at radius 2 is 2.06 bits per heavy atom. The molecule has 0 atom stereocenters. The molecule has 0 saturated carbocycles. The van der Waals surface area contributed by atoms with Gasteiger partial charge in [-0.2, -0.15) is 0 Å². The van der Waals surface area contributed by atoms with Crippen LogP contribution in [-0.4, -0.2) is 16.5 Å². The maximum absolute atomic E-state index is 5.49. The largest absolute Gasteiger partial charge is 0.340 e. The first-order valence-electron chi connectivity index (χ1n) is 5.64. The lowest BCUT2D eigenvalue weighted by Crippen LogP contribution is -2.07. The summed E-state index contributed by atoms with van der Waals surface area (Å²) in [7, 11) is 0. The second-order valence-electron chi connectivity index (χ2n) is 3.84. The lowest BCUT2D eigenvalue weighted by molar-refractivity contribution is 0.869. The molecule has 1 aromatic heterocycles. The lowest BCUT2D eigenvalue weighted by atomic mass is 10.2. The van der Waals surface area contributed by atoms with Crippen molar-refractivity contribution in [1.29, 1.82) is 0 Å². The van der Waals surface area contributed by atoms with Gasteiger partial charge in [0.25, 0.3) is 0 Å². The fourth-order valence-electron chi connectivity index (χ4n) is 1.57. The molecule has 1 aromatic carbocycles. The summed E-state index contributed by atoms with van der Waals surface area (Å²) in [6, 6.07) is 9.95. The number of hydrogen-bond donors (Lipinski definition) is 2. The minimum atomic E-state index is 0.563. The average molecular weight is 228 g/mol. The molecule has 0 aliphatic carbocycles. The Balaban J connectivity index is 2.18. The number of benzene rings is 1. The van der Waals surface area contributed by atoms with Gasteiger partial charge < -0.3 is 11.1 Å². The fraction of sp³-hybridized carbons (Fsp3) is 0.231. The number of hydrogen-bond acceptors (Lipinski definition) is 4. The lowest BCUT2D eigenvalue weighted by Gasteiger charge is -2.08. The van der Waals surface area contributed by atoms with Crippen LogP contribution in [0.15, 0.2) is 36.5 Å². The van der Waals surface area contributed by atoms with Crippen LogP contribution >= 0.6 is 0 Å². The molecule has 0 spiro atoms. The van der Waals surface area contributed by atoms with E-state index >= 15 is 0 Å². The van der Waals surface area contributed by atoms with E-state index in [4.69, 9.17) is 5.73 Å². The molecule has 2 aromatic rings. The van der Waals surface area contributed by atoms with Crippen molar-refractivity contribution < 1.29 is 0 Å². The number of rotatable bonds is 4. The standard InChI is InChI=1S/C13H16N4/c1-10-4-2-3-5-11(10)16-13-7-9-15-12(17-13)6-8-14/h2-5,7,9H,6,8,14H2,1H3,(H,15,16,17). The summed E-state index contributed by atoms with van der Waals surface area (Å²) in [6.07, 6.45) is 2.45. The Labute approximate surface area is 101 Å². The molecule has 88 valence electrons. The number of nitrogens with two attached hydrogens (primary N) is 1. The van der Waals surface area contributed by atoms with Crippen LogP contribution in [0.3, 0.4) is 0 Å². The molecular weight excluding hydrogens is 212 g/mol. The van der Waals surface area contributed by atoms with Gasteiger partial charge in [-0.25, -0.2) is 9.97 Å². The van der Waals surface area contributed by atoms with Crippen LogP contribution in [0, 0.1) is 6.92 Å². The molecule has 2 rings (SSSR count). The maximum Gasteiger partial charge on any atom is 0.134 e. The Morgan fingerprint density at radius 1 is 1.24 bits per heavy atom. The summed E-state index contributed by atoms with van der Waals surface area (Å²) in [5.74, 6) is 1.57. The molecule has 0 fully saturated rings. The van der Waals surface area contributed by atoms with E-state index in [0.29, 0.717) is 13.0 Å². The molecule has 0 radical (unpaired) electrons. The number of nitrogens with one attached hydrogen (secondary N) is 1. The van der Waals surface area contributed by atoms with Gasteiger partial charge in [0.1, 0.15) is 11.6 Å². The molecule has 3 N–H and O–H groups in total. The van der Waals surface area contributed by atoms with E-state index in [1.54, 1.807) is 6.20 Å². The van der Waals surface area contributed by atoms with Gasteiger partial charge in [-0.3, -0.25) is 0 Å². The van der Waals surface area contributed by atoms with E-state index in [2.05, 4.69) is 28.3 Å². The van der Waals surface area contributed by atoms with Gasteiger partial charge in [0, 0.05) is 18.3 Å². The van der Waals surface area contributed by atoms with Crippen LogP contribution in [0.25, 0.3) is 0 Å². The summed E-state index contributed by atoms with van der Waals surface area (Å²) < 4.78 is 0. The molecule has 0 saturated heterocycles. The van der Waals surface area contributed by atoms with Crippen LogP contribution < -0.4 is 11.1 Å². The maximum atomic E-state index is 5.49. The third-order valence-electron chi connectivity index (χ3n) is 2.48. The van der Waals surface area contributed by atoms with Crippen molar-refractivity contribution in [2.45, 2.75) is 13.3 Å². The highest BCUT2D eigenvalue weighted by molar-refractivity contribution is 5.59. The van der Waals surface area contributed by atoms with Gasteiger partial charge in [0.05, 0.1) is 0 Å². The molecule has 4 nitrogen and oxygen atoms in total. The zero-order valence-electron chi connectivity index (χ0n) is 9.85. The summed E-state index contributed by atoms with van der Waals surface area (Å²) in [6.45, 7) is 2.62. The summed E-state index contributed by atoms with van der Waals surface area (Å²) >= 11 is 0. The Kier molecular flexibility index (Phi) is 3.67. The summed E-state index contributed by atoms with van der Waals surface area (Å²) in [5.41, 5.74) is 7.73. The SMILES string of the molecule is Cc1ccccc1Nc1ccnc(CCN)n1. The number of anilines is 2. The van der Waals surface area contributed by atoms with Crippen LogP contribution in [0.1, 0.15) is 11.4 Å². The first-order chi connectivity index (χ1) is 8.29. The number of aromatic nitrogens is 2. The second kappa shape index (κ2) is 5.41. The van der Waals surface area contributed by atoms with Crippen LogP contribution in [0.5, 0.6) is 0 Å². The third kappa shape index (κ3) is 3.01. The molecule has 0 bridgehead atoms. The summed E-state index contributed by atoms with van der Waals surface area (Å²) in [5, 5.41) is 3.28. The van der Waals surface area contributed by atoms with Crippen molar-refractivity contribution in [3.8, 4) is 0 Å². The molecule has 17 heavy (non-hydrogen) atoms. The van der Waals surface area contributed by atoms with Crippen molar-refractivity contribution >= 4 is 11.5 Å². The van der Waals surface area contributed by atoms with E-state index in [1.807, 2.05) is 24.3 Å². The Morgan fingerprint density at radius 3 is 2.82 bits per heavy atom. The fourth-order valence-corrected chi connectivity index (χ4v) is 1.57. The van der Waals surface area contributed by atoms with E-state index in [0.717, 1.165) is 17.3 Å². The Bertz CT molecular complexity index is 496. The van der Waals surface area contributed by atoms with E-state index in [-0.39, 0.29) is 0 Å². The van der Waals surface area contributed by atoms with E-state index in [1.165, 1.54) is 5.56 Å². The number of aryl methyl sites for hydroxylation is 1. The molecule has 0 aliphatic rings. The topological polar surface area (TPSA) is 63.8 Å². The predicted molar refractivity (Wildman–Crippen MR) is 69.3 cm³/mol. The molecular formula is C13H16N4. The molecule has 1 heterocycles. The van der Waals surface area contributed by atoms with Gasteiger partial charge in [0.15, 0.2) is 0 Å². The van der Waals surface area contributed by atoms with Crippen molar-refractivity contribution in [3.05, 3.63) is 47.9 Å². The zero-order valence-corrected chi connectivity index (χ0v) is 9.85. The van der Waals surface area contributed by atoms with Gasteiger partial charge >= 0.3 is 0 Å². The smallest absolute Gasteiger partial charge is 0.134 e. The number of para-hydroxylation sites is 1. The van der Waals surface area contributed by atoms with Crippen molar-refractivity contribution in [2.24, 2.45) is 5.73 Å². The molecule has 4 heteroatoms. The monoisotopic (exact) mass is 228 g/mol. The second-order valence-corrected chi connectivity index (χ2v) is 3.84. The van der Waals surface area contributed by atoms with Crippen LogP contribution in [0.2, 0.25) is 0 Å². The van der Waals surface area contributed by atoms with Gasteiger partial charge in [0.2, 0.25) is 0 Å². The van der Waals surface area contributed by atoms with Gasteiger partial charge in [-0.1, -0.05) is 18.2 Å². The minimum absolute atomic E-state index is 0.563. The Hall–Kier alpha value is -1.94. The van der Waals surface area contributed by atoms with Crippen molar-refractivity contribution in [1.82, 2.24) is 9.97 Å². The first kappa shape index (κ1) is 11.5. The van der Waals surface area contributed by atoms with Crippen LogP contribution in [0.4, 0.5) is 11.5 Å². The normalized spacial score (nSPS) is 10.2. The van der Waals surface area contributed by atoms with Gasteiger partial charge in [-0.05, 0) is 31.2 Å². The molecule has 0 aliphatic heterocycles. The summed E-state index contributed by atoms with van der Waals surface area (Å²) in [4.78, 5) is 8.56. The van der Waals surface area contributed by atoms with Crippen molar-refractivity contribution in [3.63, 3.8) is 0 Å². The minimum Gasteiger partial charge on any atom is -0.340 e. The highest BCUT2D eigenvalue weighted by Crippen LogP contribution is 2.18. The number of nitrogens with zero attached hydrogens (tertiary/aromatic N) is 2. The van der Waals surface area contributed by atoms with Gasteiger partial charge in [-0.15, -0.1) is 0 Å². The first-order valence-corrected chi connectivity index (χ1v) is 5.64. The quantitative estimate of drug-likeness (QED) is 0.840. The van der Waals surface area contributed by atoms with Crippen molar-refractivity contribution in [2.75, 3.05) is 11.9 Å².